The summed E-state index contributed by atoms with van der Waals surface area (Å²) >= 11 is 1.57. The van der Waals surface area contributed by atoms with Gasteiger partial charge in [-0.05, 0) is 64.4 Å². The second kappa shape index (κ2) is 11.0. The fourth-order valence-corrected chi connectivity index (χ4v) is 4.96. The van der Waals surface area contributed by atoms with Crippen LogP contribution in [-0.2, 0) is 0 Å². The summed E-state index contributed by atoms with van der Waals surface area (Å²) in [6.07, 6.45) is 8.35. The SMILES string of the molecule is Cc1cc(-c2cnc(C3CCN(C)CC3)nc2)sc1C(=O)N1CCCC1.[CH3-].[Cs+]. The normalized spacial score (nSPS) is 17.9. The van der Waals surface area contributed by atoms with E-state index in [-0.39, 0.29) is 82.2 Å². The Labute approximate surface area is 231 Å². The van der Waals surface area contributed by atoms with Gasteiger partial charge in [-0.3, -0.25) is 4.79 Å². The van der Waals surface area contributed by atoms with Gasteiger partial charge in [-0.2, -0.15) is 0 Å². The molecule has 2 aromatic heterocycles. The number of hydrogen-bond acceptors (Lipinski definition) is 5. The minimum Gasteiger partial charge on any atom is -0.358 e. The van der Waals surface area contributed by atoms with Crippen molar-refractivity contribution in [1.82, 2.24) is 19.8 Å². The Hall–Kier alpha value is 0.262. The predicted octanol–water partition coefficient (Wildman–Crippen LogP) is 1.01. The molecule has 5 nitrogen and oxygen atoms in total. The van der Waals surface area contributed by atoms with E-state index in [1.165, 1.54) is 0 Å². The van der Waals surface area contributed by atoms with E-state index in [0.29, 0.717) is 5.92 Å². The van der Waals surface area contributed by atoms with E-state index in [9.17, 15) is 4.79 Å². The standard InChI is InChI=1S/C20H26N4OS.CH3.Cs/c1-14-11-17(26-18(14)20(25)24-7-3-4-8-24)16-12-21-19(22-13-16)15-5-9-23(2)10-6-15;;/h11-13,15H,3-10H2,1-2H3;1H3;/q;-1;+1. The quantitative estimate of drug-likeness (QED) is 0.570. The third kappa shape index (κ3) is 5.49. The molecule has 28 heavy (non-hydrogen) atoms. The van der Waals surface area contributed by atoms with Crippen LogP contribution < -0.4 is 68.9 Å². The van der Waals surface area contributed by atoms with Crippen molar-refractivity contribution in [2.24, 2.45) is 0 Å². The number of hydrogen-bond donors (Lipinski definition) is 0. The van der Waals surface area contributed by atoms with Crippen LogP contribution in [0.25, 0.3) is 10.4 Å². The van der Waals surface area contributed by atoms with Crippen LogP contribution in [-0.4, -0.2) is 58.9 Å². The molecule has 2 aliphatic rings. The second-order valence-corrected chi connectivity index (χ2v) is 8.58. The van der Waals surface area contributed by atoms with Gasteiger partial charge in [-0.25, -0.2) is 9.97 Å². The molecular weight excluding hydrogens is 489 g/mol. The molecule has 2 aliphatic heterocycles. The van der Waals surface area contributed by atoms with E-state index in [1.54, 1.807) is 11.3 Å². The van der Waals surface area contributed by atoms with E-state index < -0.39 is 0 Å². The van der Waals surface area contributed by atoms with Crippen molar-refractivity contribution in [1.29, 1.82) is 0 Å². The summed E-state index contributed by atoms with van der Waals surface area (Å²) < 4.78 is 0. The van der Waals surface area contributed by atoms with Gasteiger partial charge in [0, 0.05) is 41.8 Å². The van der Waals surface area contributed by atoms with Crippen LogP contribution in [0.3, 0.4) is 0 Å². The Balaban J connectivity index is 0.00000140. The van der Waals surface area contributed by atoms with Gasteiger partial charge < -0.3 is 17.2 Å². The predicted molar refractivity (Wildman–Crippen MR) is 111 cm³/mol. The molecule has 2 fully saturated rings. The van der Waals surface area contributed by atoms with Crippen molar-refractivity contribution in [3.63, 3.8) is 0 Å². The molecular formula is C21H29CsN4OS. The number of aryl methyl sites for hydroxylation is 1. The summed E-state index contributed by atoms with van der Waals surface area (Å²) in [5, 5.41) is 0. The topological polar surface area (TPSA) is 49.3 Å². The fraction of sp³-hybridized carbons (Fsp3) is 0.524. The first-order chi connectivity index (χ1) is 12.6. The van der Waals surface area contributed by atoms with Gasteiger partial charge in [-0.1, -0.05) is 0 Å². The maximum Gasteiger partial charge on any atom is 1.00 e. The first kappa shape index (κ1) is 24.5. The Morgan fingerprint density at radius 3 is 2.32 bits per heavy atom. The summed E-state index contributed by atoms with van der Waals surface area (Å²) in [6, 6.07) is 2.10. The molecule has 0 radical (unpaired) electrons. The van der Waals surface area contributed by atoms with Crippen molar-refractivity contribution in [2.45, 2.75) is 38.5 Å². The zero-order valence-electron chi connectivity index (χ0n) is 17.6. The molecule has 0 unspecified atom stereocenters. The number of rotatable bonds is 3. The van der Waals surface area contributed by atoms with Crippen molar-refractivity contribution >= 4 is 17.2 Å². The number of piperidine rings is 1. The van der Waals surface area contributed by atoms with E-state index in [2.05, 4.69) is 28.0 Å². The van der Waals surface area contributed by atoms with Gasteiger partial charge in [0.1, 0.15) is 5.82 Å². The third-order valence-corrected chi connectivity index (χ3v) is 6.82. The molecule has 0 aliphatic carbocycles. The zero-order chi connectivity index (χ0) is 18.1. The summed E-state index contributed by atoms with van der Waals surface area (Å²) in [5.41, 5.74) is 2.07. The average molecular weight is 518 g/mol. The van der Waals surface area contributed by atoms with E-state index >= 15 is 0 Å². The van der Waals surface area contributed by atoms with Crippen LogP contribution in [0, 0.1) is 14.4 Å². The number of aromatic nitrogens is 2. The maximum absolute atomic E-state index is 12.7. The summed E-state index contributed by atoms with van der Waals surface area (Å²) in [7, 11) is 2.17. The Morgan fingerprint density at radius 2 is 1.71 bits per heavy atom. The van der Waals surface area contributed by atoms with Gasteiger partial charge >= 0.3 is 68.9 Å². The number of carbonyl (C=O) groups excluding carboxylic acids is 1. The van der Waals surface area contributed by atoms with Crippen LogP contribution in [0.2, 0.25) is 0 Å². The molecule has 4 rings (SSSR count). The second-order valence-electron chi connectivity index (χ2n) is 7.53. The van der Waals surface area contributed by atoms with E-state index in [4.69, 9.17) is 0 Å². The van der Waals surface area contributed by atoms with Gasteiger partial charge in [0.2, 0.25) is 0 Å². The van der Waals surface area contributed by atoms with Crippen LogP contribution in [0.5, 0.6) is 0 Å². The van der Waals surface area contributed by atoms with Crippen molar-refractivity contribution < 1.29 is 73.7 Å². The maximum atomic E-state index is 12.7. The third-order valence-electron chi connectivity index (χ3n) is 5.55. The van der Waals surface area contributed by atoms with Crippen LogP contribution in [0.4, 0.5) is 0 Å². The van der Waals surface area contributed by atoms with E-state index in [1.807, 2.05) is 24.2 Å². The van der Waals surface area contributed by atoms with Gasteiger partial charge in [0.05, 0.1) is 4.88 Å². The molecule has 0 N–H and O–H groups in total. The van der Waals surface area contributed by atoms with Crippen molar-refractivity contribution in [3.8, 4) is 10.4 Å². The molecule has 0 atom stereocenters. The molecule has 7 heteroatoms. The van der Waals surface area contributed by atoms with E-state index in [0.717, 1.165) is 78.6 Å². The first-order valence-electron chi connectivity index (χ1n) is 9.52. The molecule has 0 bridgehead atoms. The zero-order valence-corrected chi connectivity index (χ0v) is 24.7. The summed E-state index contributed by atoms with van der Waals surface area (Å²) in [5.74, 6) is 1.61. The minimum absolute atomic E-state index is 0. The number of thiophene rings is 1. The smallest absolute Gasteiger partial charge is 0.358 e. The number of amides is 1. The molecule has 0 saturated carbocycles. The average Bonchev–Trinajstić information content (AvgIpc) is 3.32. The molecule has 0 spiro atoms. The number of carbonyl (C=O) groups is 1. The summed E-state index contributed by atoms with van der Waals surface area (Å²) in [6.45, 7) is 6.03. The molecule has 4 heterocycles. The Morgan fingerprint density at radius 1 is 1.11 bits per heavy atom. The van der Waals surface area contributed by atoms with Crippen molar-refractivity contribution in [2.75, 3.05) is 33.2 Å². The van der Waals surface area contributed by atoms with Gasteiger partial charge in [0.25, 0.3) is 5.91 Å². The molecule has 0 aromatic carbocycles. The Bertz CT molecular complexity index is 778. The van der Waals surface area contributed by atoms with Crippen LogP contribution >= 0.6 is 11.3 Å². The first-order valence-corrected chi connectivity index (χ1v) is 10.3. The number of likely N-dealkylation sites (tertiary alicyclic amines) is 2. The van der Waals surface area contributed by atoms with Gasteiger partial charge in [0.15, 0.2) is 0 Å². The molecule has 146 valence electrons. The Kier molecular flexibility index (Phi) is 9.68. The minimum atomic E-state index is 0. The van der Waals surface area contributed by atoms with Crippen LogP contribution in [0.1, 0.15) is 52.7 Å². The molecule has 2 aromatic rings. The fourth-order valence-electron chi connectivity index (χ4n) is 3.84. The van der Waals surface area contributed by atoms with Crippen molar-refractivity contribution in [3.05, 3.63) is 42.2 Å². The molecule has 2 saturated heterocycles. The number of nitrogens with zero attached hydrogens (tertiary/aromatic N) is 4. The van der Waals surface area contributed by atoms with Gasteiger partial charge in [-0.15, -0.1) is 11.3 Å². The van der Waals surface area contributed by atoms with Crippen LogP contribution in [0.15, 0.2) is 18.5 Å². The summed E-state index contributed by atoms with van der Waals surface area (Å²) in [4.78, 5) is 28.3. The largest absolute Gasteiger partial charge is 1.00 e. The molecule has 1 amide bonds. The monoisotopic (exact) mass is 518 g/mol.